The van der Waals surface area contributed by atoms with Crippen molar-refractivity contribution >= 4 is 22.8 Å². The molecular weight excluding hydrogens is 450 g/mol. The van der Waals surface area contributed by atoms with Crippen LogP contribution >= 0.6 is 11.6 Å². The first kappa shape index (κ1) is 23.2. The standard InChI is InChI=1S/C26H30ClN5O2/c1-16-5-7-17(8-6-16)15-32-23-22(19-3-2-4-20(27)13-19)29-21(14-28)30-25(23)31-26(32)24(33)18-9-11-34-12-10-18/h2-4,13,16-18,24,33H,5-12,15H2,1H3/t16-,17-,24?. The normalized spacial score (nSPS) is 22.5. The van der Waals surface area contributed by atoms with E-state index in [2.05, 4.69) is 27.5 Å². The largest absolute Gasteiger partial charge is 0.385 e. The molecular formula is C26H30ClN5O2. The summed E-state index contributed by atoms with van der Waals surface area (Å²) in [6.07, 6.45) is 5.59. The second-order valence-corrected chi connectivity index (χ2v) is 10.2. The van der Waals surface area contributed by atoms with Crippen molar-refractivity contribution in [3.8, 4) is 17.3 Å². The molecule has 1 saturated heterocycles. The van der Waals surface area contributed by atoms with Gasteiger partial charge in [-0.15, -0.1) is 0 Å². The molecule has 1 aliphatic carbocycles. The number of nitrogens with zero attached hydrogens (tertiary/aromatic N) is 5. The highest BCUT2D eigenvalue weighted by atomic mass is 35.5. The Morgan fingerprint density at radius 3 is 2.62 bits per heavy atom. The van der Waals surface area contributed by atoms with Gasteiger partial charge in [0.2, 0.25) is 5.82 Å². The van der Waals surface area contributed by atoms with Gasteiger partial charge in [0.05, 0.1) is 0 Å². The third-order valence-electron chi connectivity index (χ3n) is 7.38. The van der Waals surface area contributed by atoms with Gasteiger partial charge < -0.3 is 14.4 Å². The van der Waals surface area contributed by atoms with Crippen molar-refractivity contribution in [1.29, 1.82) is 5.26 Å². The summed E-state index contributed by atoms with van der Waals surface area (Å²) in [5, 5.41) is 21.7. The van der Waals surface area contributed by atoms with Gasteiger partial charge >= 0.3 is 0 Å². The van der Waals surface area contributed by atoms with E-state index in [1.54, 1.807) is 0 Å². The Kier molecular flexibility index (Phi) is 6.82. The Bertz CT molecular complexity index is 1210. The summed E-state index contributed by atoms with van der Waals surface area (Å²) in [5.74, 6) is 2.01. The maximum atomic E-state index is 11.5. The van der Waals surface area contributed by atoms with E-state index in [0.717, 1.165) is 49.2 Å². The van der Waals surface area contributed by atoms with Crippen molar-refractivity contribution in [3.63, 3.8) is 0 Å². The summed E-state index contributed by atoms with van der Waals surface area (Å²) in [6, 6.07) is 9.54. The number of ether oxygens (including phenoxy) is 1. The smallest absolute Gasteiger partial charge is 0.234 e. The molecule has 1 aliphatic heterocycles. The SMILES string of the molecule is C[C@H]1CC[C@H](Cn2c(C(O)C3CCOCC3)nc3nc(C#N)nc(-c4cccc(Cl)c4)c32)CC1. The molecule has 0 amide bonds. The molecule has 1 atom stereocenters. The molecule has 1 aromatic carbocycles. The monoisotopic (exact) mass is 479 g/mol. The molecule has 0 bridgehead atoms. The zero-order chi connectivity index (χ0) is 23.7. The molecule has 1 N–H and O–H groups in total. The highest BCUT2D eigenvalue weighted by Crippen LogP contribution is 2.37. The predicted octanol–water partition coefficient (Wildman–Crippen LogP) is 5.30. The Balaban J connectivity index is 1.67. The van der Waals surface area contributed by atoms with E-state index in [0.29, 0.717) is 41.3 Å². The number of aliphatic hydroxyl groups is 1. The number of halogens is 1. The number of aliphatic hydroxyl groups excluding tert-OH is 1. The average molecular weight is 480 g/mol. The van der Waals surface area contributed by atoms with Gasteiger partial charge in [-0.2, -0.15) is 10.2 Å². The highest BCUT2D eigenvalue weighted by Gasteiger charge is 2.31. The van der Waals surface area contributed by atoms with Crippen molar-refractivity contribution in [3.05, 3.63) is 40.9 Å². The number of benzene rings is 1. The summed E-state index contributed by atoms with van der Waals surface area (Å²) in [4.78, 5) is 13.9. The zero-order valence-electron chi connectivity index (χ0n) is 19.5. The molecule has 8 heteroatoms. The molecule has 0 spiro atoms. The Morgan fingerprint density at radius 2 is 1.91 bits per heavy atom. The first-order valence-electron chi connectivity index (χ1n) is 12.2. The topological polar surface area (TPSA) is 96.9 Å². The van der Waals surface area contributed by atoms with Gasteiger partial charge in [-0.1, -0.05) is 43.5 Å². The Hall–Kier alpha value is -2.53. The van der Waals surface area contributed by atoms with Crippen molar-refractivity contribution in [2.45, 2.75) is 58.1 Å². The van der Waals surface area contributed by atoms with Crippen LogP contribution in [0.15, 0.2) is 24.3 Å². The average Bonchev–Trinajstić information content (AvgIpc) is 3.23. The van der Waals surface area contributed by atoms with Crippen LogP contribution in [-0.4, -0.2) is 37.8 Å². The van der Waals surface area contributed by atoms with Crippen LogP contribution in [0.2, 0.25) is 5.02 Å². The van der Waals surface area contributed by atoms with Crippen molar-refractivity contribution in [1.82, 2.24) is 19.5 Å². The zero-order valence-corrected chi connectivity index (χ0v) is 20.2. The van der Waals surface area contributed by atoms with E-state index in [9.17, 15) is 10.4 Å². The van der Waals surface area contributed by atoms with Gasteiger partial charge in [0.15, 0.2) is 5.65 Å². The summed E-state index contributed by atoms with van der Waals surface area (Å²) in [6.45, 7) is 4.36. The summed E-state index contributed by atoms with van der Waals surface area (Å²) >= 11 is 6.30. The van der Waals surface area contributed by atoms with E-state index in [1.165, 1.54) is 12.8 Å². The molecule has 1 unspecified atom stereocenters. The lowest BCUT2D eigenvalue weighted by Gasteiger charge is -2.30. The van der Waals surface area contributed by atoms with Crippen LogP contribution in [0.4, 0.5) is 0 Å². The number of rotatable bonds is 5. The van der Waals surface area contributed by atoms with Crippen molar-refractivity contribution < 1.29 is 9.84 Å². The lowest BCUT2D eigenvalue weighted by molar-refractivity contribution is 0.00228. The number of hydrogen-bond acceptors (Lipinski definition) is 6. The first-order valence-corrected chi connectivity index (χ1v) is 12.6. The first-order chi connectivity index (χ1) is 16.5. The fraction of sp³-hybridized carbons (Fsp3) is 0.538. The maximum absolute atomic E-state index is 11.5. The Morgan fingerprint density at radius 1 is 1.15 bits per heavy atom. The lowest BCUT2D eigenvalue weighted by atomic mass is 9.83. The molecule has 2 aromatic heterocycles. The van der Waals surface area contributed by atoms with Crippen LogP contribution in [-0.2, 0) is 11.3 Å². The molecule has 3 aromatic rings. The summed E-state index contributed by atoms with van der Waals surface area (Å²) < 4.78 is 7.65. The highest BCUT2D eigenvalue weighted by molar-refractivity contribution is 6.30. The molecule has 34 heavy (non-hydrogen) atoms. The van der Waals surface area contributed by atoms with Gasteiger partial charge in [-0.25, -0.2) is 9.97 Å². The molecule has 0 radical (unpaired) electrons. The molecule has 2 aliphatic rings. The Labute approximate surface area is 204 Å². The summed E-state index contributed by atoms with van der Waals surface area (Å²) in [7, 11) is 0. The molecule has 3 heterocycles. The molecule has 1 saturated carbocycles. The fourth-order valence-electron chi connectivity index (χ4n) is 5.36. The lowest BCUT2D eigenvalue weighted by Crippen LogP contribution is -2.26. The molecule has 178 valence electrons. The molecule has 7 nitrogen and oxygen atoms in total. The number of aromatic nitrogens is 4. The molecule has 5 rings (SSSR count). The van der Waals surface area contributed by atoms with Crippen LogP contribution < -0.4 is 0 Å². The van der Waals surface area contributed by atoms with Crippen LogP contribution in [0.25, 0.3) is 22.4 Å². The van der Waals surface area contributed by atoms with Crippen LogP contribution in [0, 0.1) is 29.1 Å². The maximum Gasteiger partial charge on any atom is 0.234 e. The van der Waals surface area contributed by atoms with Crippen molar-refractivity contribution in [2.75, 3.05) is 13.2 Å². The van der Waals surface area contributed by atoms with Crippen molar-refractivity contribution in [2.24, 2.45) is 17.8 Å². The minimum atomic E-state index is -0.724. The van der Waals surface area contributed by atoms with Crippen LogP contribution in [0.5, 0.6) is 0 Å². The third-order valence-corrected chi connectivity index (χ3v) is 7.62. The number of fused-ring (bicyclic) bond motifs is 1. The minimum absolute atomic E-state index is 0.0609. The van der Waals surface area contributed by atoms with E-state index >= 15 is 0 Å². The molecule has 2 fully saturated rings. The van der Waals surface area contributed by atoms with Gasteiger partial charge in [-0.3, -0.25) is 0 Å². The third kappa shape index (κ3) is 4.68. The predicted molar refractivity (Wildman–Crippen MR) is 130 cm³/mol. The second-order valence-electron chi connectivity index (χ2n) is 9.79. The van der Waals surface area contributed by atoms with Crippen LogP contribution in [0.3, 0.4) is 0 Å². The minimum Gasteiger partial charge on any atom is -0.385 e. The van der Waals surface area contributed by atoms with E-state index in [-0.39, 0.29) is 11.7 Å². The number of hydrogen-bond donors (Lipinski definition) is 1. The van der Waals surface area contributed by atoms with Crippen LogP contribution in [0.1, 0.15) is 63.2 Å². The second kappa shape index (κ2) is 9.99. The number of nitriles is 1. The van der Waals surface area contributed by atoms with E-state index < -0.39 is 6.10 Å². The van der Waals surface area contributed by atoms with Gasteiger partial charge in [0.1, 0.15) is 29.2 Å². The van der Waals surface area contributed by atoms with Gasteiger partial charge in [0.25, 0.3) is 0 Å². The number of imidazole rings is 1. The quantitative estimate of drug-likeness (QED) is 0.533. The van der Waals surface area contributed by atoms with Gasteiger partial charge in [0, 0.05) is 30.3 Å². The fourth-order valence-corrected chi connectivity index (χ4v) is 5.55. The summed E-state index contributed by atoms with van der Waals surface area (Å²) in [5.41, 5.74) is 2.65. The van der Waals surface area contributed by atoms with E-state index in [1.807, 2.05) is 24.3 Å². The van der Waals surface area contributed by atoms with Gasteiger partial charge in [-0.05, 0) is 55.6 Å². The van der Waals surface area contributed by atoms with E-state index in [4.69, 9.17) is 21.3 Å².